The summed E-state index contributed by atoms with van der Waals surface area (Å²) in [5.74, 6) is -2.87. The quantitative estimate of drug-likeness (QED) is 0.628. The molecule has 0 saturated carbocycles. The Morgan fingerprint density at radius 3 is 2.14 bits per heavy atom. The predicted octanol–water partition coefficient (Wildman–Crippen LogP) is 2.31. The number of likely N-dealkylation sites (tertiary alicyclic amines) is 1. The van der Waals surface area contributed by atoms with E-state index in [2.05, 4.69) is 5.32 Å². The van der Waals surface area contributed by atoms with Crippen LogP contribution in [0, 0.1) is 0 Å². The number of allylic oxidation sites excluding steroid dienone is 1. The second kappa shape index (κ2) is 6.44. The summed E-state index contributed by atoms with van der Waals surface area (Å²) >= 11 is 0. The molecule has 0 aromatic carbocycles. The topological polar surface area (TPSA) is 49.4 Å². The minimum absolute atomic E-state index is 0.0163. The lowest BCUT2D eigenvalue weighted by atomic mass is 9.97. The van der Waals surface area contributed by atoms with Gasteiger partial charge in [-0.2, -0.15) is 13.2 Å². The molecule has 0 aliphatic carbocycles. The Kier molecular flexibility index (Phi) is 5.36. The van der Waals surface area contributed by atoms with Crippen molar-refractivity contribution in [1.29, 1.82) is 0 Å². The van der Waals surface area contributed by atoms with Gasteiger partial charge in [0.2, 0.25) is 5.91 Å². The number of alkyl halides is 3. The van der Waals surface area contributed by atoms with Gasteiger partial charge in [-0.05, 0) is 32.3 Å². The number of nitrogens with one attached hydrogen (secondary N) is 1. The van der Waals surface area contributed by atoms with Gasteiger partial charge in [0.05, 0.1) is 0 Å². The number of carbonyl (C=O) groups excluding carboxylic acids is 2. The molecule has 21 heavy (non-hydrogen) atoms. The van der Waals surface area contributed by atoms with E-state index >= 15 is 0 Å². The Morgan fingerprint density at radius 1 is 1.14 bits per heavy atom. The largest absolute Gasteiger partial charge is 0.408 e. The monoisotopic (exact) mass is 310 g/mol. The van der Waals surface area contributed by atoms with Crippen molar-refractivity contribution in [2.24, 2.45) is 0 Å². The van der Waals surface area contributed by atoms with Crippen LogP contribution in [0.4, 0.5) is 17.6 Å². The number of nitrogens with zero attached hydrogens (tertiary/aromatic N) is 1. The van der Waals surface area contributed by atoms with E-state index < -0.39 is 35.9 Å². The summed E-state index contributed by atoms with van der Waals surface area (Å²) in [5, 5.41) is 2.47. The van der Waals surface area contributed by atoms with E-state index in [0.29, 0.717) is 4.90 Å². The summed E-state index contributed by atoms with van der Waals surface area (Å²) < 4.78 is 52.6. The molecule has 1 fully saturated rings. The first kappa shape index (κ1) is 17.5. The average Bonchev–Trinajstić information content (AvgIpc) is 2.34. The summed E-state index contributed by atoms with van der Waals surface area (Å²) in [6.45, 7) is 3.50. The molecule has 0 aromatic rings. The van der Waals surface area contributed by atoms with Crippen LogP contribution in [0.25, 0.3) is 0 Å². The molecule has 2 atom stereocenters. The number of carbonyl (C=O) groups is 2. The van der Waals surface area contributed by atoms with Crippen molar-refractivity contribution in [2.75, 3.05) is 6.54 Å². The van der Waals surface area contributed by atoms with E-state index in [1.165, 1.54) is 20.8 Å². The summed E-state index contributed by atoms with van der Waals surface area (Å²) in [6.07, 6.45) is -4.90. The molecule has 0 aromatic heterocycles. The van der Waals surface area contributed by atoms with Gasteiger partial charge in [0.1, 0.15) is 6.04 Å². The first-order valence-electron chi connectivity index (χ1n) is 6.51. The van der Waals surface area contributed by atoms with Crippen molar-refractivity contribution >= 4 is 11.8 Å². The first-order valence-corrected chi connectivity index (χ1v) is 6.51. The summed E-state index contributed by atoms with van der Waals surface area (Å²) in [6, 6.07) is -2.63. The molecule has 0 bridgehead atoms. The number of halogens is 4. The third-order valence-electron chi connectivity index (χ3n) is 3.25. The molecule has 0 unspecified atom stereocenters. The first-order chi connectivity index (χ1) is 9.54. The molecule has 1 saturated heterocycles. The van der Waals surface area contributed by atoms with Gasteiger partial charge in [-0.25, -0.2) is 4.39 Å². The lowest BCUT2D eigenvalue weighted by molar-refractivity contribution is -0.196. The van der Waals surface area contributed by atoms with Crippen molar-refractivity contribution in [3.05, 3.63) is 11.4 Å². The highest BCUT2D eigenvalue weighted by molar-refractivity contribution is 5.92. The molecule has 0 spiro atoms. The van der Waals surface area contributed by atoms with Crippen LogP contribution in [0.15, 0.2) is 11.4 Å². The second-order valence-electron chi connectivity index (χ2n) is 5.30. The zero-order valence-corrected chi connectivity index (χ0v) is 12.1. The van der Waals surface area contributed by atoms with Gasteiger partial charge in [-0.3, -0.25) is 9.59 Å². The van der Waals surface area contributed by atoms with Crippen molar-refractivity contribution in [2.45, 2.75) is 51.9 Å². The van der Waals surface area contributed by atoms with Crippen LogP contribution < -0.4 is 5.32 Å². The molecule has 1 N–H and O–H groups in total. The molecule has 1 rings (SSSR count). The standard InChI is InChI=1S/C13H18F4N2O2/c1-7(2)11(14)12(21)19-6-9(18-8(3)20)4-5-10(19)13(15,16)17/h9-10H,4-6H2,1-3H3,(H,18,20)/t9-,10-/m1/s1. The Bertz CT molecular complexity index is 456. The van der Waals surface area contributed by atoms with Crippen LogP contribution in [-0.4, -0.2) is 41.5 Å². The lowest BCUT2D eigenvalue weighted by Crippen LogP contribution is -2.58. The molecule has 2 amide bonds. The Balaban J connectivity index is 3.02. The number of hydrogen-bond donors (Lipinski definition) is 1. The molecule has 1 aliphatic rings. The second-order valence-corrected chi connectivity index (χ2v) is 5.30. The smallest absolute Gasteiger partial charge is 0.352 e. The summed E-state index contributed by atoms with van der Waals surface area (Å²) in [4.78, 5) is 23.4. The van der Waals surface area contributed by atoms with Crippen LogP contribution in [-0.2, 0) is 9.59 Å². The average molecular weight is 310 g/mol. The van der Waals surface area contributed by atoms with Crippen molar-refractivity contribution in [1.82, 2.24) is 10.2 Å². The maximum absolute atomic E-state index is 13.7. The highest BCUT2D eigenvalue weighted by Gasteiger charge is 2.48. The SMILES string of the molecule is CC(=O)N[C@@H]1CC[C@H](C(F)(F)F)N(C(=O)C(F)=C(C)C)C1. The molecular weight excluding hydrogens is 292 g/mol. The van der Waals surface area contributed by atoms with Crippen molar-refractivity contribution in [3.63, 3.8) is 0 Å². The Morgan fingerprint density at radius 2 is 1.71 bits per heavy atom. The third-order valence-corrected chi connectivity index (χ3v) is 3.25. The Labute approximate surface area is 120 Å². The summed E-state index contributed by atoms with van der Waals surface area (Å²) in [7, 11) is 0. The highest BCUT2D eigenvalue weighted by atomic mass is 19.4. The van der Waals surface area contributed by atoms with Crippen LogP contribution in [0.2, 0.25) is 0 Å². The third kappa shape index (κ3) is 4.44. The van der Waals surface area contributed by atoms with Gasteiger partial charge in [0, 0.05) is 19.5 Å². The van der Waals surface area contributed by atoms with Gasteiger partial charge in [0.25, 0.3) is 5.91 Å². The maximum atomic E-state index is 13.7. The van der Waals surface area contributed by atoms with Crippen molar-refractivity contribution in [3.8, 4) is 0 Å². The molecule has 120 valence electrons. The fraction of sp³-hybridized carbons (Fsp3) is 0.692. The maximum Gasteiger partial charge on any atom is 0.408 e. The van der Waals surface area contributed by atoms with E-state index in [4.69, 9.17) is 0 Å². The number of rotatable bonds is 2. The predicted molar refractivity (Wildman–Crippen MR) is 67.9 cm³/mol. The zero-order valence-electron chi connectivity index (χ0n) is 12.1. The van der Waals surface area contributed by atoms with Gasteiger partial charge in [-0.15, -0.1) is 0 Å². The summed E-state index contributed by atoms with van der Waals surface area (Å²) in [5.41, 5.74) is 0.0163. The molecular formula is C13H18F4N2O2. The minimum Gasteiger partial charge on any atom is -0.352 e. The van der Waals surface area contributed by atoms with E-state index in [9.17, 15) is 27.2 Å². The van der Waals surface area contributed by atoms with Gasteiger partial charge >= 0.3 is 6.18 Å². The van der Waals surface area contributed by atoms with Crippen LogP contribution in [0.1, 0.15) is 33.6 Å². The number of amides is 2. The highest BCUT2D eigenvalue weighted by Crippen LogP contribution is 2.33. The zero-order chi connectivity index (χ0) is 16.4. The van der Waals surface area contributed by atoms with Gasteiger partial charge in [-0.1, -0.05) is 0 Å². The van der Waals surface area contributed by atoms with Crippen molar-refractivity contribution < 1.29 is 27.2 Å². The fourth-order valence-corrected chi connectivity index (χ4v) is 2.28. The molecule has 0 radical (unpaired) electrons. The van der Waals surface area contributed by atoms with E-state index in [1.807, 2.05) is 0 Å². The van der Waals surface area contributed by atoms with Crippen LogP contribution in [0.3, 0.4) is 0 Å². The fourth-order valence-electron chi connectivity index (χ4n) is 2.28. The molecule has 8 heteroatoms. The van der Waals surface area contributed by atoms with E-state index in [0.717, 1.165) is 0 Å². The molecule has 4 nitrogen and oxygen atoms in total. The Hall–Kier alpha value is -1.60. The van der Waals surface area contributed by atoms with Crippen LogP contribution in [0.5, 0.6) is 0 Å². The molecule has 1 aliphatic heterocycles. The number of piperidine rings is 1. The minimum atomic E-state index is -4.63. The normalized spacial score (nSPS) is 22.7. The van der Waals surface area contributed by atoms with Gasteiger partial charge in [0.15, 0.2) is 5.83 Å². The van der Waals surface area contributed by atoms with Crippen LogP contribution >= 0.6 is 0 Å². The van der Waals surface area contributed by atoms with Gasteiger partial charge < -0.3 is 10.2 Å². The number of hydrogen-bond acceptors (Lipinski definition) is 2. The van der Waals surface area contributed by atoms with E-state index in [-0.39, 0.29) is 25.0 Å². The lowest BCUT2D eigenvalue weighted by Gasteiger charge is -2.40. The molecule has 1 heterocycles. The van der Waals surface area contributed by atoms with E-state index in [1.54, 1.807) is 0 Å².